The number of nitrogens with one attached hydrogen (secondary N) is 1. The minimum Gasteiger partial charge on any atom is -0.463 e. The van der Waals surface area contributed by atoms with E-state index in [0.717, 1.165) is 11.3 Å². The van der Waals surface area contributed by atoms with Gasteiger partial charge in [-0.25, -0.2) is 4.79 Å². The fraction of sp³-hybridized carbons (Fsp3) is 0.267. The largest absolute Gasteiger partial charge is 0.463 e. The molecule has 0 aliphatic carbocycles. The standard InChI is InChI=1S/C15H17N3O3/c1-3-20-15(19)9-6-12-4-7-13(8-5-12)16-10-14-17-11(2)18-21-14/h4-9,16H,3,10H2,1-2H3. The zero-order valence-electron chi connectivity index (χ0n) is 12.0. The molecule has 0 saturated carbocycles. The Kier molecular flexibility index (Phi) is 5.09. The molecular formula is C15H17N3O3. The average molecular weight is 287 g/mol. The lowest BCUT2D eigenvalue weighted by Crippen LogP contribution is -2.00. The number of ether oxygens (including phenoxy) is 1. The molecule has 6 heteroatoms. The summed E-state index contributed by atoms with van der Waals surface area (Å²) in [6, 6.07) is 7.62. The quantitative estimate of drug-likeness (QED) is 0.650. The molecular weight excluding hydrogens is 270 g/mol. The third-order valence-electron chi connectivity index (χ3n) is 2.62. The van der Waals surface area contributed by atoms with Crippen molar-refractivity contribution in [3.63, 3.8) is 0 Å². The summed E-state index contributed by atoms with van der Waals surface area (Å²) in [7, 11) is 0. The number of hydrogen-bond acceptors (Lipinski definition) is 6. The van der Waals surface area contributed by atoms with E-state index in [9.17, 15) is 4.79 Å². The first-order valence-corrected chi connectivity index (χ1v) is 6.65. The fourth-order valence-electron chi connectivity index (χ4n) is 1.66. The summed E-state index contributed by atoms with van der Waals surface area (Å²) in [6.45, 7) is 4.40. The fourth-order valence-corrected chi connectivity index (χ4v) is 1.66. The van der Waals surface area contributed by atoms with E-state index in [4.69, 9.17) is 9.26 Å². The Morgan fingerprint density at radius 1 is 1.38 bits per heavy atom. The van der Waals surface area contributed by atoms with Crippen molar-refractivity contribution in [2.75, 3.05) is 11.9 Å². The number of hydrogen-bond donors (Lipinski definition) is 1. The van der Waals surface area contributed by atoms with E-state index in [0.29, 0.717) is 24.9 Å². The Balaban J connectivity index is 1.88. The molecule has 1 aromatic heterocycles. The predicted octanol–water partition coefficient (Wildman–Crippen LogP) is 2.57. The van der Waals surface area contributed by atoms with Crippen LogP contribution in [-0.2, 0) is 16.1 Å². The molecule has 0 bridgehead atoms. The number of benzene rings is 1. The van der Waals surface area contributed by atoms with E-state index in [-0.39, 0.29) is 5.97 Å². The van der Waals surface area contributed by atoms with Crippen LogP contribution < -0.4 is 5.32 Å². The predicted molar refractivity (Wildman–Crippen MR) is 78.5 cm³/mol. The highest BCUT2D eigenvalue weighted by Crippen LogP contribution is 2.12. The minimum absolute atomic E-state index is 0.341. The maximum absolute atomic E-state index is 11.2. The summed E-state index contributed by atoms with van der Waals surface area (Å²) in [5.41, 5.74) is 1.85. The third kappa shape index (κ3) is 4.76. The highest BCUT2D eigenvalue weighted by atomic mass is 16.5. The smallest absolute Gasteiger partial charge is 0.330 e. The summed E-state index contributed by atoms with van der Waals surface area (Å²) in [5, 5.41) is 6.89. The van der Waals surface area contributed by atoms with Gasteiger partial charge in [0.2, 0.25) is 5.89 Å². The Hall–Kier alpha value is -2.63. The zero-order valence-corrected chi connectivity index (χ0v) is 12.0. The van der Waals surface area contributed by atoms with Gasteiger partial charge in [0.05, 0.1) is 13.2 Å². The number of rotatable bonds is 6. The van der Waals surface area contributed by atoms with Gasteiger partial charge in [0.1, 0.15) is 0 Å². The van der Waals surface area contributed by atoms with Gasteiger partial charge in [-0.1, -0.05) is 17.3 Å². The molecule has 0 aliphatic heterocycles. The van der Waals surface area contributed by atoms with Crippen LogP contribution in [-0.4, -0.2) is 22.7 Å². The van der Waals surface area contributed by atoms with Crippen LogP contribution >= 0.6 is 0 Å². The van der Waals surface area contributed by atoms with Crippen LogP contribution in [0.25, 0.3) is 6.08 Å². The lowest BCUT2D eigenvalue weighted by molar-refractivity contribution is -0.137. The Morgan fingerprint density at radius 3 is 2.76 bits per heavy atom. The van der Waals surface area contributed by atoms with Crippen LogP contribution in [0.2, 0.25) is 0 Å². The van der Waals surface area contributed by atoms with E-state index in [2.05, 4.69) is 15.5 Å². The number of aryl methyl sites for hydroxylation is 1. The molecule has 1 heterocycles. The molecule has 0 aliphatic rings. The maximum atomic E-state index is 11.2. The Labute approximate surface area is 122 Å². The van der Waals surface area contributed by atoms with Crippen LogP contribution in [0.3, 0.4) is 0 Å². The van der Waals surface area contributed by atoms with Crippen molar-refractivity contribution >= 4 is 17.7 Å². The molecule has 0 atom stereocenters. The van der Waals surface area contributed by atoms with Crippen LogP contribution in [0.5, 0.6) is 0 Å². The molecule has 0 amide bonds. The monoisotopic (exact) mass is 287 g/mol. The maximum Gasteiger partial charge on any atom is 0.330 e. The second-order valence-corrected chi connectivity index (χ2v) is 4.30. The van der Waals surface area contributed by atoms with Gasteiger partial charge >= 0.3 is 5.97 Å². The molecule has 2 aromatic rings. The minimum atomic E-state index is -0.341. The molecule has 6 nitrogen and oxygen atoms in total. The summed E-state index contributed by atoms with van der Waals surface area (Å²) < 4.78 is 9.83. The van der Waals surface area contributed by atoms with Crippen LogP contribution in [0.4, 0.5) is 5.69 Å². The van der Waals surface area contributed by atoms with Gasteiger partial charge in [-0.05, 0) is 37.6 Å². The normalized spacial score (nSPS) is 10.8. The van der Waals surface area contributed by atoms with Crippen molar-refractivity contribution in [1.29, 1.82) is 0 Å². The van der Waals surface area contributed by atoms with Crippen LogP contribution in [0.1, 0.15) is 24.2 Å². The molecule has 110 valence electrons. The number of carbonyl (C=O) groups is 1. The van der Waals surface area contributed by atoms with Crippen molar-refractivity contribution in [2.45, 2.75) is 20.4 Å². The molecule has 2 rings (SSSR count). The zero-order chi connectivity index (χ0) is 15.1. The van der Waals surface area contributed by atoms with Gasteiger partial charge in [0.25, 0.3) is 0 Å². The molecule has 0 fully saturated rings. The van der Waals surface area contributed by atoms with E-state index in [1.807, 2.05) is 24.3 Å². The van der Waals surface area contributed by atoms with Gasteiger partial charge < -0.3 is 14.6 Å². The van der Waals surface area contributed by atoms with Gasteiger partial charge in [-0.15, -0.1) is 0 Å². The van der Waals surface area contributed by atoms with Crippen molar-refractivity contribution in [3.05, 3.63) is 47.6 Å². The topological polar surface area (TPSA) is 77.2 Å². The summed E-state index contributed by atoms with van der Waals surface area (Å²) >= 11 is 0. The van der Waals surface area contributed by atoms with E-state index in [1.165, 1.54) is 6.08 Å². The molecule has 1 N–H and O–H groups in total. The number of carbonyl (C=O) groups excluding carboxylic acids is 1. The summed E-state index contributed by atoms with van der Waals surface area (Å²) in [4.78, 5) is 15.3. The van der Waals surface area contributed by atoms with E-state index >= 15 is 0 Å². The lowest BCUT2D eigenvalue weighted by atomic mass is 10.2. The molecule has 0 spiro atoms. The molecule has 0 unspecified atom stereocenters. The van der Waals surface area contributed by atoms with Crippen molar-refractivity contribution < 1.29 is 14.1 Å². The van der Waals surface area contributed by atoms with E-state index in [1.54, 1.807) is 19.9 Å². The highest BCUT2D eigenvalue weighted by Gasteiger charge is 2.01. The Morgan fingerprint density at radius 2 is 2.14 bits per heavy atom. The second kappa shape index (κ2) is 7.23. The average Bonchev–Trinajstić information content (AvgIpc) is 2.90. The summed E-state index contributed by atoms with van der Waals surface area (Å²) in [6.07, 6.45) is 3.12. The first-order valence-electron chi connectivity index (χ1n) is 6.65. The number of esters is 1. The lowest BCUT2D eigenvalue weighted by Gasteiger charge is -2.03. The van der Waals surface area contributed by atoms with Crippen molar-refractivity contribution in [3.8, 4) is 0 Å². The van der Waals surface area contributed by atoms with Gasteiger partial charge in [-0.2, -0.15) is 4.98 Å². The van der Waals surface area contributed by atoms with E-state index < -0.39 is 0 Å². The molecule has 0 radical (unpaired) electrons. The first-order chi connectivity index (χ1) is 10.2. The molecule has 21 heavy (non-hydrogen) atoms. The SMILES string of the molecule is CCOC(=O)C=Cc1ccc(NCc2nc(C)no2)cc1. The number of nitrogens with zero attached hydrogens (tertiary/aromatic N) is 2. The number of aromatic nitrogens is 2. The Bertz CT molecular complexity index is 617. The first kappa shape index (κ1) is 14.8. The van der Waals surface area contributed by atoms with Crippen molar-refractivity contribution in [1.82, 2.24) is 10.1 Å². The van der Waals surface area contributed by atoms with Gasteiger partial charge in [-0.3, -0.25) is 0 Å². The van der Waals surface area contributed by atoms with Gasteiger partial charge in [0, 0.05) is 11.8 Å². The van der Waals surface area contributed by atoms with Crippen LogP contribution in [0.15, 0.2) is 34.9 Å². The highest BCUT2D eigenvalue weighted by molar-refractivity contribution is 5.87. The number of anilines is 1. The molecule has 1 aromatic carbocycles. The van der Waals surface area contributed by atoms with Crippen LogP contribution in [0, 0.1) is 6.92 Å². The molecule has 0 saturated heterocycles. The van der Waals surface area contributed by atoms with Crippen molar-refractivity contribution in [2.24, 2.45) is 0 Å². The van der Waals surface area contributed by atoms with Gasteiger partial charge in [0.15, 0.2) is 5.82 Å². The second-order valence-electron chi connectivity index (χ2n) is 4.30. The third-order valence-corrected chi connectivity index (χ3v) is 2.62. The summed E-state index contributed by atoms with van der Waals surface area (Å²) in [5.74, 6) is 0.816.